The van der Waals surface area contributed by atoms with Crippen molar-refractivity contribution in [3.8, 4) is 0 Å². The first-order chi connectivity index (χ1) is 13.0. The van der Waals surface area contributed by atoms with Gasteiger partial charge in [-0.05, 0) is 69.0 Å². The van der Waals surface area contributed by atoms with E-state index in [4.69, 9.17) is 11.6 Å². The predicted octanol–water partition coefficient (Wildman–Crippen LogP) is 4.99. The third kappa shape index (κ3) is 5.72. The van der Waals surface area contributed by atoms with Crippen molar-refractivity contribution in [1.29, 1.82) is 0 Å². The van der Waals surface area contributed by atoms with E-state index in [0.29, 0.717) is 5.92 Å². The molecule has 2 aromatic rings. The van der Waals surface area contributed by atoms with Gasteiger partial charge in [0.1, 0.15) is 0 Å². The maximum absolute atomic E-state index is 12.2. The Bertz CT molecular complexity index is 785. The van der Waals surface area contributed by atoms with Crippen molar-refractivity contribution in [2.24, 2.45) is 5.92 Å². The zero-order valence-electron chi connectivity index (χ0n) is 16.1. The molecule has 0 unspecified atom stereocenters. The van der Waals surface area contributed by atoms with Gasteiger partial charge < -0.3 is 10.6 Å². The maximum atomic E-state index is 12.2. The number of hydrogen-bond acceptors (Lipinski definition) is 2. The summed E-state index contributed by atoms with van der Waals surface area (Å²) in [5.74, 6) is 0.525. The highest BCUT2D eigenvalue weighted by Gasteiger charge is 2.20. The molecule has 0 bridgehead atoms. The monoisotopic (exact) mass is 385 g/mol. The van der Waals surface area contributed by atoms with Crippen molar-refractivity contribution < 1.29 is 4.79 Å². The van der Waals surface area contributed by atoms with E-state index in [1.54, 1.807) is 0 Å². The molecule has 2 amide bonds. The van der Waals surface area contributed by atoms with Gasteiger partial charge in [-0.1, -0.05) is 47.5 Å². The number of aryl methyl sites for hydroxylation is 2. The number of urea groups is 1. The highest BCUT2D eigenvalue weighted by atomic mass is 35.5. The lowest BCUT2D eigenvalue weighted by molar-refractivity contribution is 0.176. The summed E-state index contributed by atoms with van der Waals surface area (Å²) < 4.78 is 0. The number of nitrogens with one attached hydrogen (secondary N) is 2. The Hall–Kier alpha value is -2.04. The molecule has 0 atom stereocenters. The first-order valence-corrected chi connectivity index (χ1v) is 9.97. The fourth-order valence-corrected chi connectivity index (χ4v) is 3.77. The standard InChI is InChI=1S/C22H28ClN3O/c1-16-7-8-21(17(2)13-16)25-22(27)24-14-18-9-11-26(12-10-18)15-19-5-3-4-6-20(19)23/h3-8,13,18H,9-12,14-15H2,1-2H3,(H2,24,25,27). The van der Waals surface area contributed by atoms with E-state index in [-0.39, 0.29) is 6.03 Å². The van der Waals surface area contributed by atoms with Crippen molar-refractivity contribution in [1.82, 2.24) is 10.2 Å². The number of rotatable bonds is 5. The van der Waals surface area contributed by atoms with Gasteiger partial charge in [-0.15, -0.1) is 0 Å². The van der Waals surface area contributed by atoms with Crippen molar-refractivity contribution >= 4 is 23.3 Å². The lowest BCUT2D eigenvalue weighted by Gasteiger charge is -2.32. The SMILES string of the molecule is Cc1ccc(NC(=O)NCC2CCN(Cc3ccccc3Cl)CC2)c(C)c1. The van der Waals surface area contributed by atoms with Crippen LogP contribution in [0.2, 0.25) is 5.02 Å². The van der Waals surface area contributed by atoms with Crippen LogP contribution in [0.4, 0.5) is 10.5 Å². The van der Waals surface area contributed by atoms with Crippen LogP contribution in [0.5, 0.6) is 0 Å². The van der Waals surface area contributed by atoms with E-state index < -0.39 is 0 Å². The van der Waals surface area contributed by atoms with Crippen molar-refractivity contribution in [2.45, 2.75) is 33.2 Å². The largest absolute Gasteiger partial charge is 0.338 e. The van der Waals surface area contributed by atoms with Crippen LogP contribution < -0.4 is 10.6 Å². The van der Waals surface area contributed by atoms with E-state index in [0.717, 1.165) is 55.3 Å². The molecule has 0 aliphatic carbocycles. The molecule has 3 rings (SSSR count). The number of halogens is 1. The summed E-state index contributed by atoms with van der Waals surface area (Å²) >= 11 is 6.26. The van der Waals surface area contributed by atoms with Gasteiger partial charge in [0.25, 0.3) is 0 Å². The zero-order chi connectivity index (χ0) is 19.2. The first kappa shape index (κ1) is 19.7. The fourth-order valence-electron chi connectivity index (χ4n) is 3.57. The average Bonchev–Trinajstić information content (AvgIpc) is 2.65. The van der Waals surface area contributed by atoms with Crippen LogP contribution in [0.25, 0.3) is 0 Å². The van der Waals surface area contributed by atoms with Crippen LogP contribution in [0.1, 0.15) is 29.5 Å². The summed E-state index contributed by atoms with van der Waals surface area (Å²) in [6.45, 7) is 7.75. The van der Waals surface area contributed by atoms with Gasteiger partial charge >= 0.3 is 6.03 Å². The summed E-state index contributed by atoms with van der Waals surface area (Å²) in [6, 6.07) is 14.0. The number of anilines is 1. The molecule has 1 aliphatic heterocycles. The number of piperidine rings is 1. The van der Waals surface area contributed by atoms with Crippen LogP contribution in [0.15, 0.2) is 42.5 Å². The highest BCUT2D eigenvalue weighted by molar-refractivity contribution is 6.31. The third-order valence-corrected chi connectivity index (χ3v) is 5.61. The Morgan fingerprint density at radius 1 is 1.15 bits per heavy atom. The minimum Gasteiger partial charge on any atom is -0.338 e. The van der Waals surface area contributed by atoms with E-state index in [1.807, 2.05) is 37.3 Å². The number of likely N-dealkylation sites (tertiary alicyclic amines) is 1. The number of benzene rings is 2. The molecule has 0 aromatic heterocycles. The predicted molar refractivity (Wildman–Crippen MR) is 112 cm³/mol. The second-order valence-corrected chi connectivity index (χ2v) is 7.87. The Morgan fingerprint density at radius 3 is 2.59 bits per heavy atom. The molecule has 0 radical (unpaired) electrons. The number of amides is 2. The molecule has 1 aliphatic rings. The number of carbonyl (C=O) groups is 1. The molecule has 5 heteroatoms. The maximum Gasteiger partial charge on any atom is 0.319 e. The van der Waals surface area contributed by atoms with E-state index in [9.17, 15) is 4.79 Å². The summed E-state index contributed by atoms with van der Waals surface area (Å²) in [4.78, 5) is 14.6. The van der Waals surface area contributed by atoms with Gasteiger partial charge in [0, 0.05) is 23.8 Å². The number of carbonyl (C=O) groups excluding carboxylic acids is 1. The van der Waals surface area contributed by atoms with Crippen molar-refractivity contribution in [3.05, 3.63) is 64.2 Å². The van der Waals surface area contributed by atoms with Crippen LogP contribution in [-0.4, -0.2) is 30.6 Å². The first-order valence-electron chi connectivity index (χ1n) is 9.59. The molecule has 144 valence electrons. The smallest absolute Gasteiger partial charge is 0.319 e. The Morgan fingerprint density at radius 2 is 1.89 bits per heavy atom. The Balaban J connectivity index is 1.40. The summed E-state index contributed by atoms with van der Waals surface area (Å²) in [6.07, 6.45) is 2.18. The molecular formula is C22H28ClN3O. The fraction of sp³-hybridized carbons (Fsp3) is 0.409. The average molecular weight is 386 g/mol. The van der Waals surface area contributed by atoms with Gasteiger partial charge in [0.05, 0.1) is 0 Å². The molecule has 2 N–H and O–H groups in total. The minimum atomic E-state index is -0.125. The molecule has 4 nitrogen and oxygen atoms in total. The molecular weight excluding hydrogens is 358 g/mol. The minimum absolute atomic E-state index is 0.125. The number of hydrogen-bond donors (Lipinski definition) is 2. The quantitative estimate of drug-likeness (QED) is 0.761. The Kier molecular flexibility index (Phi) is 6.75. The summed E-state index contributed by atoms with van der Waals surface area (Å²) in [5.41, 5.74) is 4.33. The second kappa shape index (κ2) is 9.25. The van der Waals surface area contributed by atoms with Gasteiger partial charge in [0.2, 0.25) is 0 Å². The Labute approximate surface area is 166 Å². The molecule has 1 heterocycles. The third-order valence-electron chi connectivity index (χ3n) is 5.24. The normalized spacial score (nSPS) is 15.5. The van der Waals surface area contributed by atoms with Crippen LogP contribution in [0.3, 0.4) is 0 Å². The molecule has 1 saturated heterocycles. The lowest BCUT2D eigenvalue weighted by atomic mass is 9.96. The van der Waals surface area contributed by atoms with Crippen molar-refractivity contribution in [3.63, 3.8) is 0 Å². The highest BCUT2D eigenvalue weighted by Crippen LogP contribution is 2.22. The van der Waals surface area contributed by atoms with E-state index in [1.165, 1.54) is 11.1 Å². The van der Waals surface area contributed by atoms with Crippen LogP contribution in [-0.2, 0) is 6.54 Å². The molecule has 0 spiro atoms. The van der Waals surface area contributed by atoms with Gasteiger partial charge in [-0.25, -0.2) is 4.79 Å². The van der Waals surface area contributed by atoms with Gasteiger partial charge in [-0.2, -0.15) is 0 Å². The number of nitrogens with zero attached hydrogens (tertiary/aromatic N) is 1. The zero-order valence-corrected chi connectivity index (χ0v) is 16.9. The van der Waals surface area contributed by atoms with Crippen LogP contribution in [0, 0.1) is 19.8 Å². The van der Waals surface area contributed by atoms with Crippen LogP contribution >= 0.6 is 11.6 Å². The van der Waals surface area contributed by atoms with Crippen molar-refractivity contribution in [2.75, 3.05) is 25.0 Å². The van der Waals surface area contributed by atoms with E-state index in [2.05, 4.69) is 34.6 Å². The lowest BCUT2D eigenvalue weighted by Crippen LogP contribution is -2.39. The van der Waals surface area contributed by atoms with Gasteiger partial charge in [0.15, 0.2) is 0 Å². The van der Waals surface area contributed by atoms with Gasteiger partial charge in [-0.3, -0.25) is 4.90 Å². The summed E-state index contributed by atoms with van der Waals surface area (Å²) in [5, 5.41) is 6.81. The second-order valence-electron chi connectivity index (χ2n) is 7.46. The molecule has 0 saturated carbocycles. The van der Waals surface area contributed by atoms with E-state index >= 15 is 0 Å². The summed E-state index contributed by atoms with van der Waals surface area (Å²) in [7, 11) is 0. The molecule has 1 fully saturated rings. The molecule has 2 aromatic carbocycles. The topological polar surface area (TPSA) is 44.4 Å². The molecule has 27 heavy (non-hydrogen) atoms.